The molecule has 0 N–H and O–H groups in total. The summed E-state index contributed by atoms with van der Waals surface area (Å²) in [5.41, 5.74) is 2.52. The molecule has 130 valence electrons. The smallest absolute Gasteiger partial charge is 0.326 e. The maximum Gasteiger partial charge on any atom is 0.326 e. The number of benzene rings is 2. The van der Waals surface area contributed by atoms with Crippen molar-refractivity contribution in [3.05, 3.63) is 42.5 Å². The van der Waals surface area contributed by atoms with Crippen LogP contribution in [0.3, 0.4) is 0 Å². The van der Waals surface area contributed by atoms with Crippen LogP contribution < -0.4 is 9.47 Å². The summed E-state index contributed by atoms with van der Waals surface area (Å²) in [5, 5.41) is 0. The molecule has 1 aromatic heterocycles. The zero-order valence-corrected chi connectivity index (χ0v) is 14.5. The molecule has 0 atom stereocenters. The van der Waals surface area contributed by atoms with Crippen molar-refractivity contribution in [3.63, 3.8) is 0 Å². The van der Waals surface area contributed by atoms with Crippen LogP contribution in [0.15, 0.2) is 42.5 Å². The number of para-hydroxylation sites is 2. The molecule has 0 bridgehead atoms. The number of nitrogens with zero attached hydrogens (tertiary/aromatic N) is 2. The Labute approximate surface area is 146 Å². The molecule has 0 amide bonds. The largest absolute Gasteiger partial charge is 0.493 e. The van der Waals surface area contributed by atoms with Gasteiger partial charge in [-0.25, -0.2) is 4.98 Å². The van der Waals surface area contributed by atoms with Crippen LogP contribution in [-0.2, 0) is 16.1 Å². The fraction of sp³-hybridized carbons (Fsp3) is 0.263. The lowest BCUT2D eigenvalue weighted by molar-refractivity contribution is -0.143. The van der Waals surface area contributed by atoms with Gasteiger partial charge in [-0.2, -0.15) is 0 Å². The van der Waals surface area contributed by atoms with Gasteiger partial charge in [0.2, 0.25) is 0 Å². The Kier molecular flexibility index (Phi) is 4.88. The van der Waals surface area contributed by atoms with Crippen LogP contribution in [0.25, 0.3) is 22.4 Å². The second-order valence-electron chi connectivity index (χ2n) is 5.39. The molecule has 0 spiro atoms. The number of carbonyl (C=O) groups excluding carboxylic acids is 1. The van der Waals surface area contributed by atoms with Gasteiger partial charge in [-0.15, -0.1) is 0 Å². The molecule has 3 aromatic rings. The van der Waals surface area contributed by atoms with E-state index < -0.39 is 0 Å². The fourth-order valence-corrected chi connectivity index (χ4v) is 2.77. The maximum atomic E-state index is 12.0. The molecule has 6 nitrogen and oxygen atoms in total. The lowest BCUT2D eigenvalue weighted by Crippen LogP contribution is -2.14. The van der Waals surface area contributed by atoms with Crippen molar-refractivity contribution >= 4 is 17.0 Å². The molecule has 2 aromatic carbocycles. The Morgan fingerprint density at radius 1 is 1.08 bits per heavy atom. The number of fused-ring (bicyclic) bond motifs is 1. The third-order valence-electron chi connectivity index (χ3n) is 3.89. The Balaban J connectivity index is 2.13. The SMILES string of the molecule is CCOC(=O)Cn1c(-c2ccc(OC)c(OC)c2)nc2ccccc21. The molecule has 0 radical (unpaired) electrons. The number of hydrogen-bond donors (Lipinski definition) is 0. The molecule has 0 aliphatic carbocycles. The highest BCUT2D eigenvalue weighted by Gasteiger charge is 2.17. The van der Waals surface area contributed by atoms with Crippen LogP contribution in [0, 0.1) is 0 Å². The van der Waals surface area contributed by atoms with Gasteiger partial charge in [0, 0.05) is 5.56 Å². The minimum absolute atomic E-state index is 0.0953. The number of esters is 1. The molecule has 6 heteroatoms. The zero-order chi connectivity index (χ0) is 17.8. The number of imidazole rings is 1. The van der Waals surface area contributed by atoms with Crippen LogP contribution in [0.4, 0.5) is 0 Å². The summed E-state index contributed by atoms with van der Waals surface area (Å²) in [6.07, 6.45) is 0. The third-order valence-corrected chi connectivity index (χ3v) is 3.89. The minimum atomic E-state index is -0.299. The third kappa shape index (κ3) is 3.28. The fourth-order valence-electron chi connectivity index (χ4n) is 2.77. The molecule has 3 rings (SSSR count). The van der Waals surface area contributed by atoms with Crippen molar-refractivity contribution in [2.24, 2.45) is 0 Å². The van der Waals surface area contributed by atoms with E-state index >= 15 is 0 Å². The molecule has 0 saturated carbocycles. The average molecular weight is 340 g/mol. The maximum absolute atomic E-state index is 12.0. The van der Waals surface area contributed by atoms with Crippen molar-refractivity contribution < 1.29 is 19.0 Å². The van der Waals surface area contributed by atoms with Crippen LogP contribution in [0.2, 0.25) is 0 Å². The summed E-state index contributed by atoms with van der Waals surface area (Å²) in [5.74, 6) is 1.62. The van der Waals surface area contributed by atoms with Gasteiger partial charge in [0.1, 0.15) is 12.4 Å². The molecule has 0 aliphatic heterocycles. The Bertz CT molecular complexity index is 902. The highest BCUT2D eigenvalue weighted by atomic mass is 16.5. The Morgan fingerprint density at radius 2 is 1.84 bits per heavy atom. The van der Waals surface area contributed by atoms with Gasteiger partial charge in [-0.1, -0.05) is 12.1 Å². The van der Waals surface area contributed by atoms with Crippen LogP contribution in [0.5, 0.6) is 11.5 Å². The molecule has 0 fully saturated rings. The number of ether oxygens (including phenoxy) is 3. The molecule has 25 heavy (non-hydrogen) atoms. The first-order chi connectivity index (χ1) is 12.2. The summed E-state index contributed by atoms with van der Waals surface area (Å²) >= 11 is 0. The lowest BCUT2D eigenvalue weighted by Gasteiger charge is -2.11. The first-order valence-electron chi connectivity index (χ1n) is 8.01. The Morgan fingerprint density at radius 3 is 2.56 bits per heavy atom. The summed E-state index contributed by atoms with van der Waals surface area (Å²) in [4.78, 5) is 16.7. The molecular formula is C19H20N2O4. The van der Waals surface area contributed by atoms with Crippen LogP contribution in [-0.4, -0.2) is 36.3 Å². The van der Waals surface area contributed by atoms with E-state index in [1.807, 2.05) is 47.0 Å². The standard InChI is InChI=1S/C19H20N2O4/c1-4-25-18(22)12-21-15-8-6-5-7-14(15)20-19(21)13-9-10-16(23-2)17(11-13)24-3/h5-11H,4,12H2,1-3H3. The number of rotatable bonds is 6. The number of methoxy groups -OCH3 is 2. The lowest BCUT2D eigenvalue weighted by atomic mass is 10.2. The zero-order valence-electron chi connectivity index (χ0n) is 14.5. The first kappa shape index (κ1) is 16.8. The minimum Gasteiger partial charge on any atom is -0.493 e. The van der Waals surface area contributed by atoms with E-state index in [2.05, 4.69) is 4.98 Å². The van der Waals surface area contributed by atoms with E-state index in [9.17, 15) is 4.79 Å². The van der Waals surface area contributed by atoms with Gasteiger partial charge in [-0.05, 0) is 37.3 Å². The first-order valence-corrected chi connectivity index (χ1v) is 8.01. The van der Waals surface area contributed by atoms with E-state index in [1.165, 1.54) is 0 Å². The number of hydrogen-bond acceptors (Lipinski definition) is 5. The second-order valence-corrected chi connectivity index (χ2v) is 5.39. The van der Waals surface area contributed by atoms with Crippen LogP contribution >= 0.6 is 0 Å². The van der Waals surface area contributed by atoms with E-state index in [0.29, 0.717) is 23.9 Å². The predicted molar refractivity (Wildman–Crippen MR) is 94.9 cm³/mol. The van der Waals surface area contributed by atoms with Crippen molar-refractivity contribution in [2.45, 2.75) is 13.5 Å². The summed E-state index contributed by atoms with van der Waals surface area (Å²) in [6, 6.07) is 13.3. The summed E-state index contributed by atoms with van der Waals surface area (Å²) in [7, 11) is 3.18. The average Bonchev–Trinajstić information content (AvgIpc) is 3.00. The van der Waals surface area contributed by atoms with Crippen molar-refractivity contribution in [1.82, 2.24) is 9.55 Å². The number of aromatic nitrogens is 2. The molecular weight excluding hydrogens is 320 g/mol. The highest BCUT2D eigenvalue weighted by Crippen LogP contribution is 2.33. The number of carbonyl (C=O) groups is 1. The van der Waals surface area contributed by atoms with Gasteiger partial charge in [-0.3, -0.25) is 4.79 Å². The second kappa shape index (κ2) is 7.25. The van der Waals surface area contributed by atoms with E-state index in [-0.39, 0.29) is 12.5 Å². The van der Waals surface area contributed by atoms with Crippen molar-refractivity contribution in [2.75, 3.05) is 20.8 Å². The van der Waals surface area contributed by atoms with Crippen LogP contribution in [0.1, 0.15) is 6.92 Å². The van der Waals surface area contributed by atoms with Gasteiger partial charge < -0.3 is 18.8 Å². The summed E-state index contributed by atoms with van der Waals surface area (Å²) in [6.45, 7) is 2.23. The summed E-state index contributed by atoms with van der Waals surface area (Å²) < 4.78 is 17.6. The van der Waals surface area contributed by atoms with Gasteiger partial charge in [0.15, 0.2) is 11.5 Å². The predicted octanol–water partition coefficient (Wildman–Crippen LogP) is 3.28. The monoisotopic (exact) mass is 340 g/mol. The van der Waals surface area contributed by atoms with E-state index in [1.54, 1.807) is 21.1 Å². The highest BCUT2D eigenvalue weighted by molar-refractivity contribution is 5.83. The quantitative estimate of drug-likeness (QED) is 0.644. The molecule has 0 unspecified atom stereocenters. The van der Waals surface area contributed by atoms with E-state index in [0.717, 1.165) is 16.6 Å². The van der Waals surface area contributed by atoms with Crippen molar-refractivity contribution in [1.29, 1.82) is 0 Å². The molecule has 1 heterocycles. The normalized spacial score (nSPS) is 10.7. The van der Waals surface area contributed by atoms with Gasteiger partial charge in [0.25, 0.3) is 0 Å². The Hall–Kier alpha value is -3.02. The van der Waals surface area contributed by atoms with E-state index in [4.69, 9.17) is 14.2 Å². The van der Waals surface area contributed by atoms with Gasteiger partial charge >= 0.3 is 5.97 Å². The van der Waals surface area contributed by atoms with Crippen molar-refractivity contribution in [3.8, 4) is 22.9 Å². The molecule has 0 aliphatic rings. The molecule has 0 saturated heterocycles. The topological polar surface area (TPSA) is 62.6 Å². The van der Waals surface area contributed by atoms with Gasteiger partial charge in [0.05, 0.1) is 31.9 Å².